The summed E-state index contributed by atoms with van der Waals surface area (Å²) in [6, 6.07) is 9.08. The smallest absolute Gasteiger partial charge is 0.244 e. The zero-order chi connectivity index (χ0) is 24.8. The van der Waals surface area contributed by atoms with Crippen molar-refractivity contribution in [3.05, 3.63) is 53.8 Å². The topological polar surface area (TPSA) is 105 Å². The summed E-state index contributed by atoms with van der Waals surface area (Å²) in [6.07, 6.45) is 0.969. The maximum absolute atomic E-state index is 13.3. The molecular formula is C22H28FN3O6S. The van der Waals surface area contributed by atoms with Crippen LogP contribution >= 0.6 is 0 Å². The number of anilines is 1. The lowest BCUT2D eigenvalue weighted by atomic mass is 10.1. The second-order valence-corrected chi connectivity index (χ2v) is 9.15. The molecule has 0 aliphatic heterocycles. The Hall–Kier alpha value is -3.34. The van der Waals surface area contributed by atoms with Crippen LogP contribution in [0.2, 0.25) is 0 Å². The predicted molar refractivity (Wildman–Crippen MR) is 122 cm³/mol. The second kappa shape index (κ2) is 11.0. The van der Waals surface area contributed by atoms with Gasteiger partial charge in [0.15, 0.2) is 0 Å². The van der Waals surface area contributed by atoms with Crippen molar-refractivity contribution < 1.29 is 31.9 Å². The first-order valence-electron chi connectivity index (χ1n) is 9.97. The van der Waals surface area contributed by atoms with E-state index >= 15 is 0 Å². The molecule has 0 fully saturated rings. The number of benzene rings is 2. The molecule has 9 nitrogen and oxygen atoms in total. The molecule has 2 rings (SSSR count). The largest absolute Gasteiger partial charge is 0.497 e. The van der Waals surface area contributed by atoms with E-state index < -0.39 is 40.2 Å². The van der Waals surface area contributed by atoms with Crippen LogP contribution in [0.1, 0.15) is 12.5 Å². The summed E-state index contributed by atoms with van der Waals surface area (Å²) in [5.74, 6) is -0.860. The fraction of sp³-hybridized carbons (Fsp3) is 0.364. The minimum absolute atomic E-state index is 0.0228. The van der Waals surface area contributed by atoms with Gasteiger partial charge in [-0.1, -0.05) is 12.1 Å². The summed E-state index contributed by atoms with van der Waals surface area (Å²) in [4.78, 5) is 26.9. The fourth-order valence-corrected chi connectivity index (χ4v) is 4.02. The number of ether oxygens (including phenoxy) is 2. The summed E-state index contributed by atoms with van der Waals surface area (Å²) in [6.45, 7) is 0.925. The van der Waals surface area contributed by atoms with Crippen molar-refractivity contribution in [3.63, 3.8) is 0 Å². The predicted octanol–water partition coefficient (Wildman–Crippen LogP) is 1.77. The zero-order valence-corrected chi connectivity index (χ0v) is 20.0. The Balaban J connectivity index is 2.44. The lowest BCUT2D eigenvalue weighted by Gasteiger charge is -2.31. The first-order valence-corrected chi connectivity index (χ1v) is 11.8. The maximum atomic E-state index is 13.3. The van der Waals surface area contributed by atoms with Gasteiger partial charge in [0.1, 0.15) is 29.9 Å². The molecule has 0 heterocycles. The molecule has 180 valence electrons. The third kappa shape index (κ3) is 6.58. The number of likely N-dealkylation sites (N-methyl/N-ethyl adjacent to an activating group) is 1. The number of methoxy groups -OCH3 is 2. The minimum atomic E-state index is -3.91. The van der Waals surface area contributed by atoms with Crippen LogP contribution < -0.4 is 19.1 Å². The van der Waals surface area contributed by atoms with Gasteiger partial charge in [0.05, 0.1) is 26.2 Å². The number of carbonyl (C=O) groups is 2. The molecule has 1 atom stereocenters. The number of rotatable bonds is 10. The minimum Gasteiger partial charge on any atom is -0.497 e. The van der Waals surface area contributed by atoms with Crippen molar-refractivity contribution in [1.82, 2.24) is 10.2 Å². The van der Waals surface area contributed by atoms with E-state index in [0.717, 1.165) is 10.6 Å². The van der Waals surface area contributed by atoms with Crippen molar-refractivity contribution in [1.29, 1.82) is 0 Å². The zero-order valence-electron chi connectivity index (χ0n) is 19.2. The van der Waals surface area contributed by atoms with Gasteiger partial charge in [-0.05, 0) is 36.8 Å². The van der Waals surface area contributed by atoms with Crippen molar-refractivity contribution in [2.75, 3.05) is 38.4 Å². The lowest BCUT2D eigenvalue weighted by molar-refractivity contribution is -0.139. The van der Waals surface area contributed by atoms with E-state index in [2.05, 4.69) is 5.32 Å². The van der Waals surface area contributed by atoms with Gasteiger partial charge < -0.3 is 19.7 Å². The normalized spacial score (nSPS) is 11.9. The van der Waals surface area contributed by atoms with Gasteiger partial charge in [-0.15, -0.1) is 0 Å². The quantitative estimate of drug-likeness (QED) is 0.555. The Morgan fingerprint density at radius 1 is 1.09 bits per heavy atom. The average Bonchev–Trinajstić information content (AvgIpc) is 2.79. The Labute approximate surface area is 193 Å². The van der Waals surface area contributed by atoms with E-state index in [-0.39, 0.29) is 18.0 Å². The molecule has 0 saturated carbocycles. The third-order valence-electron chi connectivity index (χ3n) is 5.01. The SMILES string of the molecule is CNC(=O)[C@@H](C)N(Cc1ccc(F)cc1)C(=O)CN(c1ccc(OC)cc1OC)S(C)(=O)=O. The third-order valence-corrected chi connectivity index (χ3v) is 6.14. The van der Waals surface area contributed by atoms with Crippen LogP contribution in [0.25, 0.3) is 0 Å². The highest BCUT2D eigenvalue weighted by Crippen LogP contribution is 2.33. The van der Waals surface area contributed by atoms with Crippen LogP contribution in [-0.2, 0) is 26.2 Å². The van der Waals surface area contributed by atoms with Crippen LogP contribution in [-0.4, -0.2) is 65.2 Å². The number of nitrogens with zero attached hydrogens (tertiary/aromatic N) is 2. The van der Waals surface area contributed by atoms with Crippen LogP contribution in [0.3, 0.4) is 0 Å². The molecule has 2 amide bonds. The molecule has 11 heteroatoms. The monoisotopic (exact) mass is 481 g/mol. The van der Waals surface area contributed by atoms with Crippen LogP contribution in [0.5, 0.6) is 11.5 Å². The second-order valence-electron chi connectivity index (χ2n) is 7.25. The summed E-state index contributed by atoms with van der Waals surface area (Å²) in [5.41, 5.74) is 0.719. The van der Waals surface area contributed by atoms with Crippen LogP contribution in [0.15, 0.2) is 42.5 Å². The van der Waals surface area contributed by atoms with E-state index in [0.29, 0.717) is 11.3 Å². The molecule has 0 aliphatic rings. The Kier molecular flexibility index (Phi) is 8.63. The molecule has 0 aromatic heterocycles. The Bertz CT molecular complexity index is 1090. The van der Waals surface area contributed by atoms with E-state index in [9.17, 15) is 22.4 Å². The highest BCUT2D eigenvalue weighted by atomic mass is 32.2. The highest BCUT2D eigenvalue weighted by molar-refractivity contribution is 7.92. The molecule has 0 spiro atoms. The van der Waals surface area contributed by atoms with Crippen LogP contribution in [0.4, 0.5) is 10.1 Å². The van der Waals surface area contributed by atoms with Gasteiger partial charge in [0.2, 0.25) is 21.8 Å². The number of halogens is 1. The molecule has 0 saturated heterocycles. The summed E-state index contributed by atoms with van der Waals surface area (Å²) in [7, 11) is 0.349. The molecule has 2 aromatic rings. The molecular weight excluding hydrogens is 453 g/mol. The Morgan fingerprint density at radius 3 is 2.24 bits per heavy atom. The van der Waals surface area contributed by atoms with E-state index in [1.807, 2.05) is 0 Å². The average molecular weight is 482 g/mol. The molecule has 0 bridgehead atoms. The first kappa shape index (κ1) is 25.9. The van der Waals surface area contributed by atoms with Gasteiger partial charge in [-0.2, -0.15) is 0 Å². The van der Waals surface area contributed by atoms with Crippen LogP contribution in [0, 0.1) is 5.82 Å². The van der Waals surface area contributed by atoms with Gasteiger partial charge in [-0.25, -0.2) is 12.8 Å². The number of carbonyl (C=O) groups excluding carboxylic acids is 2. The van der Waals surface area contributed by atoms with Crippen molar-refractivity contribution in [3.8, 4) is 11.5 Å². The van der Waals surface area contributed by atoms with Gasteiger partial charge in [-0.3, -0.25) is 13.9 Å². The summed E-state index contributed by atoms with van der Waals surface area (Å²) in [5, 5.41) is 2.48. The number of nitrogens with one attached hydrogen (secondary N) is 1. The molecule has 33 heavy (non-hydrogen) atoms. The van der Waals surface area contributed by atoms with E-state index in [1.54, 1.807) is 6.07 Å². The molecule has 0 radical (unpaired) electrons. The van der Waals surface area contributed by atoms with E-state index in [4.69, 9.17) is 9.47 Å². The fourth-order valence-electron chi connectivity index (χ4n) is 3.16. The number of hydrogen-bond donors (Lipinski definition) is 1. The molecule has 1 N–H and O–H groups in total. The maximum Gasteiger partial charge on any atom is 0.244 e. The van der Waals surface area contributed by atoms with Gasteiger partial charge >= 0.3 is 0 Å². The number of hydrogen-bond acceptors (Lipinski definition) is 6. The van der Waals surface area contributed by atoms with E-state index in [1.165, 1.54) is 69.5 Å². The summed E-state index contributed by atoms with van der Waals surface area (Å²) < 4.78 is 49.9. The molecule has 2 aromatic carbocycles. The highest BCUT2D eigenvalue weighted by Gasteiger charge is 2.31. The van der Waals surface area contributed by atoms with Gasteiger partial charge in [0.25, 0.3) is 0 Å². The van der Waals surface area contributed by atoms with Crippen molar-refractivity contribution in [2.24, 2.45) is 0 Å². The molecule has 0 unspecified atom stereocenters. The standard InChI is InChI=1S/C22H28FN3O6S/c1-15(22(28)24-2)25(13-16-6-8-17(23)9-7-16)21(27)14-26(33(5,29)30)19-11-10-18(31-3)12-20(19)32-4/h6-12,15H,13-14H2,1-5H3,(H,24,28)/t15-/m1/s1. The Morgan fingerprint density at radius 2 is 1.73 bits per heavy atom. The van der Waals surface area contributed by atoms with Gasteiger partial charge in [0, 0.05) is 19.7 Å². The van der Waals surface area contributed by atoms with Crippen molar-refractivity contribution in [2.45, 2.75) is 19.5 Å². The number of sulfonamides is 1. The summed E-state index contributed by atoms with van der Waals surface area (Å²) >= 11 is 0. The first-order chi connectivity index (χ1) is 15.5. The molecule has 0 aliphatic carbocycles. The van der Waals surface area contributed by atoms with Crippen molar-refractivity contribution >= 4 is 27.5 Å². The lowest BCUT2D eigenvalue weighted by Crippen LogP contribution is -2.50. The number of amides is 2.